The van der Waals surface area contributed by atoms with E-state index in [2.05, 4.69) is 41.1 Å². The molecular weight excluding hydrogens is 218 g/mol. The first kappa shape index (κ1) is 11.2. The molecule has 0 saturated heterocycles. The van der Waals surface area contributed by atoms with Crippen molar-refractivity contribution in [1.82, 2.24) is 0 Å². The fraction of sp³-hybridized carbons (Fsp3) is 0.417. The quantitative estimate of drug-likeness (QED) is 0.807. The molecule has 1 aliphatic rings. The van der Waals surface area contributed by atoms with Gasteiger partial charge in [-0.15, -0.1) is 0 Å². The molecule has 0 atom stereocenters. The van der Waals surface area contributed by atoms with E-state index < -0.39 is 0 Å². The molecule has 1 aromatic rings. The Morgan fingerprint density at radius 3 is 2.69 bits per heavy atom. The lowest BCUT2D eigenvalue weighted by atomic mass is 10.1. The van der Waals surface area contributed by atoms with E-state index in [4.69, 9.17) is 18.0 Å². The Kier molecular flexibility index (Phi) is 3.29. The Hall–Kier alpha value is -1.29. The summed E-state index contributed by atoms with van der Waals surface area (Å²) >= 11 is 4.93. The van der Waals surface area contributed by atoms with E-state index >= 15 is 0 Å². The highest BCUT2D eigenvalue weighted by molar-refractivity contribution is 7.80. The molecule has 3 nitrogen and oxygen atoms in total. The topological polar surface area (TPSA) is 32.5 Å². The summed E-state index contributed by atoms with van der Waals surface area (Å²) in [5.41, 5.74) is 8.12. The van der Waals surface area contributed by atoms with Gasteiger partial charge in [-0.1, -0.05) is 24.4 Å². The molecule has 2 N–H and O–H groups in total. The van der Waals surface area contributed by atoms with Crippen molar-refractivity contribution in [2.24, 2.45) is 5.73 Å². The van der Waals surface area contributed by atoms with Gasteiger partial charge in [-0.05, 0) is 12.1 Å². The molecule has 0 aromatic heterocycles. The highest BCUT2D eigenvalue weighted by atomic mass is 32.1. The second kappa shape index (κ2) is 4.70. The number of thiocarbonyl (C=S) groups is 1. The maximum absolute atomic E-state index is 5.55. The minimum Gasteiger partial charge on any atom is -0.393 e. The van der Waals surface area contributed by atoms with Crippen LogP contribution in [0.25, 0.3) is 0 Å². The van der Waals surface area contributed by atoms with Crippen molar-refractivity contribution in [2.75, 3.05) is 36.5 Å². The molecule has 2 rings (SSSR count). The van der Waals surface area contributed by atoms with Gasteiger partial charge in [0.15, 0.2) is 0 Å². The van der Waals surface area contributed by atoms with Gasteiger partial charge in [-0.3, -0.25) is 0 Å². The first-order chi connectivity index (χ1) is 7.68. The summed E-state index contributed by atoms with van der Waals surface area (Å²) in [5.74, 6) is 0. The smallest absolute Gasteiger partial charge is 0.0745 e. The Morgan fingerprint density at radius 1 is 1.31 bits per heavy atom. The number of benzene rings is 1. The molecule has 0 amide bonds. The minimum absolute atomic E-state index is 0.594. The standard InChI is InChI=1S/C12H17N3S/c1-14-8-9-15(7-6-12(13)16)11-5-3-2-4-10(11)14/h2-5H,6-9H2,1H3,(H2,13,16). The Morgan fingerprint density at radius 2 is 2.00 bits per heavy atom. The number of rotatable bonds is 3. The van der Waals surface area contributed by atoms with E-state index in [0.29, 0.717) is 4.99 Å². The van der Waals surface area contributed by atoms with E-state index in [1.165, 1.54) is 11.4 Å². The van der Waals surface area contributed by atoms with Crippen LogP contribution in [0, 0.1) is 0 Å². The molecule has 86 valence electrons. The number of fused-ring (bicyclic) bond motifs is 1. The second-order valence-corrected chi connectivity index (χ2v) is 4.64. The molecule has 0 saturated carbocycles. The van der Waals surface area contributed by atoms with Crippen LogP contribution in [0.2, 0.25) is 0 Å². The van der Waals surface area contributed by atoms with Gasteiger partial charge in [0, 0.05) is 33.1 Å². The molecule has 0 unspecified atom stereocenters. The van der Waals surface area contributed by atoms with Crippen LogP contribution in [0.1, 0.15) is 6.42 Å². The molecule has 1 aliphatic heterocycles. The third-order valence-electron chi connectivity index (χ3n) is 2.97. The molecule has 16 heavy (non-hydrogen) atoms. The Balaban J connectivity index is 2.18. The largest absolute Gasteiger partial charge is 0.393 e. The van der Waals surface area contributed by atoms with Crippen LogP contribution in [-0.2, 0) is 0 Å². The van der Waals surface area contributed by atoms with Gasteiger partial charge < -0.3 is 15.5 Å². The third kappa shape index (κ3) is 2.27. The maximum Gasteiger partial charge on any atom is 0.0745 e. The van der Waals surface area contributed by atoms with Gasteiger partial charge in [0.05, 0.1) is 16.4 Å². The molecule has 1 aromatic carbocycles. The van der Waals surface area contributed by atoms with E-state index in [0.717, 1.165) is 26.1 Å². The molecule has 4 heteroatoms. The van der Waals surface area contributed by atoms with Crippen molar-refractivity contribution < 1.29 is 0 Å². The fourth-order valence-corrected chi connectivity index (χ4v) is 2.13. The van der Waals surface area contributed by atoms with Crippen LogP contribution in [-0.4, -0.2) is 31.7 Å². The Labute approximate surface area is 102 Å². The monoisotopic (exact) mass is 235 g/mol. The third-order valence-corrected chi connectivity index (χ3v) is 3.17. The SMILES string of the molecule is CN1CCN(CCC(N)=S)c2ccccc21. The van der Waals surface area contributed by atoms with Crippen LogP contribution in [0.15, 0.2) is 24.3 Å². The summed E-state index contributed by atoms with van der Waals surface area (Å²) in [6.45, 7) is 3.00. The van der Waals surface area contributed by atoms with Crippen molar-refractivity contribution in [3.63, 3.8) is 0 Å². The highest BCUT2D eigenvalue weighted by Crippen LogP contribution is 2.31. The minimum atomic E-state index is 0.594. The lowest BCUT2D eigenvalue weighted by molar-refractivity contribution is 0.741. The highest BCUT2D eigenvalue weighted by Gasteiger charge is 2.18. The van der Waals surface area contributed by atoms with Gasteiger partial charge in [0.25, 0.3) is 0 Å². The molecule has 0 bridgehead atoms. The Bertz CT molecular complexity index is 392. The van der Waals surface area contributed by atoms with E-state index in [9.17, 15) is 0 Å². The molecular formula is C12H17N3S. The van der Waals surface area contributed by atoms with Gasteiger partial charge in [0.1, 0.15) is 0 Å². The van der Waals surface area contributed by atoms with E-state index in [1.807, 2.05) is 0 Å². The lowest BCUT2D eigenvalue weighted by Crippen LogP contribution is -2.40. The zero-order chi connectivity index (χ0) is 11.5. The van der Waals surface area contributed by atoms with Gasteiger partial charge in [-0.25, -0.2) is 0 Å². The van der Waals surface area contributed by atoms with Crippen molar-refractivity contribution in [1.29, 1.82) is 0 Å². The summed E-state index contributed by atoms with van der Waals surface area (Å²) in [6, 6.07) is 8.46. The summed E-state index contributed by atoms with van der Waals surface area (Å²) < 4.78 is 0. The van der Waals surface area contributed by atoms with Crippen LogP contribution in [0.3, 0.4) is 0 Å². The molecule has 0 spiro atoms. The molecule has 0 radical (unpaired) electrons. The van der Waals surface area contributed by atoms with Crippen molar-refractivity contribution in [3.05, 3.63) is 24.3 Å². The van der Waals surface area contributed by atoms with E-state index in [1.54, 1.807) is 0 Å². The van der Waals surface area contributed by atoms with Gasteiger partial charge in [0.2, 0.25) is 0 Å². The molecule has 1 heterocycles. The fourth-order valence-electron chi connectivity index (χ4n) is 2.04. The van der Waals surface area contributed by atoms with Crippen LogP contribution < -0.4 is 15.5 Å². The number of para-hydroxylation sites is 2. The van der Waals surface area contributed by atoms with Crippen LogP contribution in [0.5, 0.6) is 0 Å². The first-order valence-corrected chi connectivity index (χ1v) is 5.93. The normalized spacial score (nSPS) is 14.8. The summed E-state index contributed by atoms with van der Waals surface area (Å²) in [7, 11) is 2.13. The zero-order valence-electron chi connectivity index (χ0n) is 9.52. The average Bonchev–Trinajstić information content (AvgIpc) is 2.28. The number of hydrogen-bond donors (Lipinski definition) is 1. The first-order valence-electron chi connectivity index (χ1n) is 5.52. The van der Waals surface area contributed by atoms with Gasteiger partial charge >= 0.3 is 0 Å². The maximum atomic E-state index is 5.55. The predicted octanol–water partition coefficient (Wildman–Crippen LogP) is 1.62. The number of likely N-dealkylation sites (N-methyl/N-ethyl adjacent to an activating group) is 1. The predicted molar refractivity (Wildman–Crippen MR) is 73.3 cm³/mol. The summed E-state index contributed by atoms with van der Waals surface area (Å²) in [5, 5.41) is 0. The van der Waals surface area contributed by atoms with Crippen molar-refractivity contribution in [2.45, 2.75) is 6.42 Å². The summed E-state index contributed by atoms with van der Waals surface area (Å²) in [4.78, 5) is 5.23. The van der Waals surface area contributed by atoms with Crippen molar-refractivity contribution >= 4 is 28.6 Å². The number of anilines is 2. The lowest BCUT2D eigenvalue weighted by Gasteiger charge is -2.37. The van der Waals surface area contributed by atoms with Crippen LogP contribution >= 0.6 is 12.2 Å². The zero-order valence-corrected chi connectivity index (χ0v) is 10.3. The number of nitrogens with zero attached hydrogens (tertiary/aromatic N) is 2. The van der Waals surface area contributed by atoms with Gasteiger partial charge in [-0.2, -0.15) is 0 Å². The van der Waals surface area contributed by atoms with Crippen molar-refractivity contribution in [3.8, 4) is 0 Å². The number of nitrogens with two attached hydrogens (primary N) is 1. The molecule has 0 fully saturated rings. The number of hydrogen-bond acceptors (Lipinski definition) is 3. The van der Waals surface area contributed by atoms with Crippen LogP contribution in [0.4, 0.5) is 11.4 Å². The summed E-state index contributed by atoms with van der Waals surface area (Å²) in [6.07, 6.45) is 0.785. The average molecular weight is 235 g/mol. The second-order valence-electron chi connectivity index (χ2n) is 4.11. The molecule has 0 aliphatic carbocycles. The van der Waals surface area contributed by atoms with E-state index in [-0.39, 0.29) is 0 Å².